The molecule has 1 atom stereocenters. The van der Waals surface area contributed by atoms with Crippen LogP contribution in [0.1, 0.15) is 28.7 Å². The molecule has 22 heavy (non-hydrogen) atoms. The van der Waals surface area contributed by atoms with E-state index in [0.717, 1.165) is 5.69 Å². The molecule has 0 aromatic carbocycles. The van der Waals surface area contributed by atoms with Crippen molar-refractivity contribution in [2.45, 2.75) is 26.9 Å². The second-order valence-corrected chi connectivity index (χ2v) is 4.95. The van der Waals surface area contributed by atoms with E-state index in [1.54, 1.807) is 37.0 Å². The number of anilines is 1. The Morgan fingerprint density at radius 1 is 1.36 bits per heavy atom. The summed E-state index contributed by atoms with van der Waals surface area (Å²) < 4.78 is 6.82. The van der Waals surface area contributed by atoms with Crippen molar-refractivity contribution in [3.05, 3.63) is 41.5 Å². The highest BCUT2D eigenvalue weighted by atomic mass is 16.5. The zero-order valence-electron chi connectivity index (χ0n) is 13.0. The second-order valence-electron chi connectivity index (χ2n) is 4.95. The van der Waals surface area contributed by atoms with Crippen molar-refractivity contribution >= 4 is 17.6 Å². The molecule has 0 fully saturated rings. The fourth-order valence-corrected chi connectivity index (χ4v) is 1.94. The highest BCUT2D eigenvalue weighted by molar-refractivity contribution is 5.97. The Labute approximate surface area is 128 Å². The average molecular weight is 302 g/mol. The molecule has 0 radical (unpaired) electrons. The van der Waals surface area contributed by atoms with Crippen molar-refractivity contribution in [2.24, 2.45) is 7.05 Å². The maximum atomic E-state index is 12.2. The van der Waals surface area contributed by atoms with Gasteiger partial charge in [-0.05, 0) is 32.9 Å². The Kier molecular flexibility index (Phi) is 4.55. The molecule has 0 bridgehead atoms. The lowest BCUT2D eigenvalue weighted by Crippen LogP contribution is -2.30. The van der Waals surface area contributed by atoms with Crippen LogP contribution in [0.15, 0.2) is 24.5 Å². The third kappa shape index (κ3) is 3.30. The van der Waals surface area contributed by atoms with E-state index in [0.29, 0.717) is 16.9 Å². The zero-order valence-corrected chi connectivity index (χ0v) is 13.0. The molecule has 1 amide bonds. The lowest BCUT2D eigenvalue weighted by Gasteiger charge is -2.13. The van der Waals surface area contributed by atoms with Gasteiger partial charge in [-0.25, -0.2) is 4.79 Å². The van der Waals surface area contributed by atoms with Gasteiger partial charge in [-0.2, -0.15) is 5.10 Å². The molecule has 2 aromatic heterocycles. The number of aromatic nitrogens is 3. The zero-order chi connectivity index (χ0) is 16.3. The van der Waals surface area contributed by atoms with E-state index in [4.69, 9.17) is 4.74 Å². The molecule has 0 aliphatic heterocycles. The number of nitrogens with zero attached hydrogens (tertiary/aromatic N) is 3. The number of hydrogen-bond donors (Lipinski definition) is 1. The third-order valence-electron chi connectivity index (χ3n) is 3.31. The molecule has 2 aromatic rings. The van der Waals surface area contributed by atoms with Crippen LogP contribution >= 0.6 is 0 Å². The van der Waals surface area contributed by atoms with E-state index in [-0.39, 0.29) is 0 Å². The molecule has 7 heteroatoms. The summed E-state index contributed by atoms with van der Waals surface area (Å²) in [6.07, 6.45) is 2.02. The minimum atomic E-state index is -0.924. The number of nitrogens with one attached hydrogen (secondary N) is 1. The SMILES string of the molecule is Cc1nn(C)c(C)c1NC(=O)[C@@H](C)OC(=O)c1cccnc1. The van der Waals surface area contributed by atoms with Crippen LogP contribution in [0.4, 0.5) is 5.69 Å². The number of ether oxygens (including phenoxy) is 1. The van der Waals surface area contributed by atoms with Gasteiger partial charge in [0.15, 0.2) is 6.10 Å². The number of carbonyl (C=O) groups is 2. The summed E-state index contributed by atoms with van der Waals surface area (Å²) in [5.41, 5.74) is 2.48. The monoisotopic (exact) mass is 302 g/mol. The van der Waals surface area contributed by atoms with Crippen LogP contribution in [0.25, 0.3) is 0 Å². The number of aryl methyl sites for hydroxylation is 2. The van der Waals surface area contributed by atoms with Gasteiger partial charge in [0.2, 0.25) is 0 Å². The van der Waals surface area contributed by atoms with Gasteiger partial charge in [0, 0.05) is 19.4 Å². The molecule has 1 N–H and O–H groups in total. The number of rotatable bonds is 4. The summed E-state index contributed by atoms with van der Waals surface area (Å²) in [5.74, 6) is -0.994. The molecule has 0 spiro atoms. The molecule has 0 aliphatic rings. The van der Waals surface area contributed by atoms with E-state index >= 15 is 0 Å². The van der Waals surface area contributed by atoms with E-state index in [1.807, 2.05) is 6.92 Å². The summed E-state index contributed by atoms with van der Waals surface area (Å²) in [5, 5.41) is 6.96. The molecule has 7 nitrogen and oxygen atoms in total. The Bertz CT molecular complexity index is 694. The van der Waals surface area contributed by atoms with Gasteiger partial charge in [0.1, 0.15) is 0 Å². The molecule has 0 saturated heterocycles. The Hall–Kier alpha value is -2.70. The maximum Gasteiger partial charge on any atom is 0.340 e. The number of carbonyl (C=O) groups excluding carboxylic acids is 2. The average Bonchev–Trinajstić information content (AvgIpc) is 2.74. The molecule has 116 valence electrons. The molecule has 0 unspecified atom stereocenters. The normalized spacial score (nSPS) is 11.8. The molecule has 0 aliphatic carbocycles. The number of esters is 1. The van der Waals surface area contributed by atoms with E-state index < -0.39 is 18.0 Å². The predicted octanol–water partition coefficient (Wildman–Crippen LogP) is 1.62. The predicted molar refractivity (Wildman–Crippen MR) is 80.4 cm³/mol. The highest BCUT2D eigenvalue weighted by Crippen LogP contribution is 2.18. The van der Waals surface area contributed by atoms with Crippen molar-refractivity contribution < 1.29 is 14.3 Å². The fraction of sp³-hybridized carbons (Fsp3) is 0.333. The van der Waals surface area contributed by atoms with Gasteiger partial charge in [-0.3, -0.25) is 14.5 Å². The summed E-state index contributed by atoms with van der Waals surface area (Å²) in [6, 6.07) is 3.21. The minimum Gasteiger partial charge on any atom is -0.449 e. The quantitative estimate of drug-likeness (QED) is 0.867. The van der Waals surface area contributed by atoms with Gasteiger partial charge in [-0.15, -0.1) is 0 Å². The first kappa shape index (κ1) is 15.7. The van der Waals surface area contributed by atoms with Crippen molar-refractivity contribution in [3.8, 4) is 0 Å². The standard InChI is InChI=1S/C15H18N4O3/c1-9-13(10(2)19(4)18-9)17-14(20)11(3)22-15(21)12-6-5-7-16-8-12/h5-8,11H,1-4H3,(H,17,20)/t11-/m1/s1. The number of pyridine rings is 1. The van der Waals surface area contributed by atoms with Crippen molar-refractivity contribution in [1.29, 1.82) is 0 Å². The van der Waals surface area contributed by atoms with E-state index in [9.17, 15) is 9.59 Å². The lowest BCUT2D eigenvalue weighted by molar-refractivity contribution is -0.123. The van der Waals surface area contributed by atoms with Crippen LogP contribution in [0.2, 0.25) is 0 Å². The summed E-state index contributed by atoms with van der Waals surface area (Å²) in [6.45, 7) is 5.17. The highest BCUT2D eigenvalue weighted by Gasteiger charge is 2.21. The minimum absolute atomic E-state index is 0.302. The summed E-state index contributed by atoms with van der Waals surface area (Å²) in [4.78, 5) is 27.9. The van der Waals surface area contributed by atoms with Crippen LogP contribution in [-0.2, 0) is 16.6 Å². The van der Waals surface area contributed by atoms with Gasteiger partial charge in [0.05, 0.1) is 22.6 Å². The first-order valence-electron chi connectivity index (χ1n) is 6.82. The Morgan fingerprint density at radius 3 is 2.64 bits per heavy atom. The molecular formula is C15H18N4O3. The molecule has 2 rings (SSSR count). The Balaban J connectivity index is 2.02. The van der Waals surface area contributed by atoms with Crippen molar-refractivity contribution in [1.82, 2.24) is 14.8 Å². The van der Waals surface area contributed by atoms with Crippen LogP contribution in [0, 0.1) is 13.8 Å². The van der Waals surface area contributed by atoms with Crippen LogP contribution in [-0.4, -0.2) is 32.7 Å². The molecule has 0 saturated carbocycles. The number of hydrogen-bond acceptors (Lipinski definition) is 5. The Morgan fingerprint density at radius 2 is 2.09 bits per heavy atom. The number of amides is 1. The fourth-order valence-electron chi connectivity index (χ4n) is 1.94. The summed E-state index contributed by atoms with van der Waals surface area (Å²) >= 11 is 0. The van der Waals surface area contributed by atoms with Gasteiger partial charge in [-0.1, -0.05) is 0 Å². The second kappa shape index (κ2) is 6.38. The molecular weight excluding hydrogens is 284 g/mol. The van der Waals surface area contributed by atoms with Gasteiger partial charge < -0.3 is 10.1 Å². The largest absolute Gasteiger partial charge is 0.449 e. The first-order chi connectivity index (χ1) is 10.4. The van der Waals surface area contributed by atoms with Crippen LogP contribution in [0.5, 0.6) is 0 Å². The third-order valence-corrected chi connectivity index (χ3v) is 3.31. The van der Waals surface area contributed by atoms with Gasteiger partial charge in [0.25, 0.3) is 5.91 Å². The lowest BCUT2D eigenvalue weighted by atomic mass is 10.2. The first-order valence-corrected chi connectivity index (χ1v) is 6.82. The topological polar surface area (TPSA) is 86.1 Å². The molecule has 2 heterocycles. The van der Waals surface area contributed by atoms with Crippen molar-refractivity contribution in [2.75, 3.05) is 5.32 Å². The van der Waals surface area contributed by atoms with Crippen LogP contribution in [0.3, 0.4) is 0 Å². The van der Waals surface area contributed by atoms with Crippen LogP contribution < -0.4 is 5.32 Å². The maximum absolute atomic E-state index is 12.2. The van der Waals surface area contributed by atoms with E-state index in [2.05, 4.69) is 15.4 Å². The van der Waals surface area contributed by atoms with Gasteiger partial charge >= 0.3 is 5.97 Å². The van der Waals surface area contributed by atoms with E-state index in [1.165, 1.54) is 13.1 Å². The smallest absolute Gasteiger partial charge is 0.340 e. The van der Waals surface area contributed by atoms with Crippen molar-refractivity contribution in [3.63, 3.8) is 0 Å². The summed E-state index contributed by atoms with van der Waals surface area (Å²) in [7, 11) is 1.80.